The van der Waals surface area contributed by atoms with Gasteiger partial charge < -0.3 is 19.9 Å². The minimum Gasteiger partial charge on any atom is -0.439 e. The maximum Gasteiger partial charge on any atom is 0.219 e. The molecule has 1 aromatic carbocycles. The number of nitrogens with one attached hydrogen (secondary N) is 1. The number of guanidine groups is 1. The minimum atomic E-state index is -0.312. The van der Waals surface area contributed by atoms with Gasteiger partial charge in [-0.3, -0.25) is 4.79 Å². The molecule has 2 aromatic rings. The molecule has 1 N–H and O–H groups in total. The van der Waals surface area contributed by atoms with E-state index in [-0.39, 0.29) is 11.7 Å². The number of amides is 1. The number of hydrogen-bond donors (Lipinski definition) is 1. The van der Waals surface area contributed by atoms with Crippen LogP contribution in [0.25, 0.3) is 0 Å². The highest BCUT2D eigenvalue weighted by Crippen LogP contribution is 2.20. The van der Waals surface area contributed by atoms with Gasteiger partial charge in [0.05, 0.1) is 6.54 Å². The van der Waals surface area contributed by atoms with Gasteiger partial charge in [0.15, 0.2) is 5.96 Å². The molecule has 0 unspecified atom stereocenters. The third kappa shape index (κ3) is 5.91. The maximum absolute atomic E-state index is 13.0. The van der Waals surface area contributed by atoms with Gasteiger partial charge in [-0.2, -0.15) is 0 Å². The summed E-state index contributed by atoms with van der Waals surface area (Å²) in [5, 5.41) is 3.32. The molecule has 1 aliphatic rings. The molecule has 0 radical (unpaired) electrons. The van der Waals surface area contributed by atoms with Crippen molar-refractivity contribution in [2.45, 2.75) is 20.4 Å². The lowest BCUT2D eigenvalue weighted by molar-refractivity contribution is -0.130. The molecule has 2 heterocycles. The normalized spacial score (nSPS) is 14.7. The fourth-order valence-electron chi connectivity index (χ4n) is 3.05. The van der Waals surface area contributed by atoms with E-state index in [0.29, 0.717) is 31.3 Å². The Labute approximate surface area is 170 Å². The van der Waals surface area contributed by atoms with Crippen molar-refractivity contribution >= 4 is 11.9 Å². The SMILES string of the molecule is CCNC(=NCc1ccnc(Oc2ccc(F)cc2)c1)N1CCN(C(C)=O)CC1. The second kappa shape index (κ2) is 9.86. The molecule has 0 spiro atoms. The zero-order valence-corrected chi connectivity index (χ0v) is 16.8. The molecule has 0 bridgehead atoms. The Morgan fingerprint density at radius 1 is 1.17 bits per heavy atom. The first-order valence-corrected chi connectivity index (χ1v) is 9.72. The molecular weight excluding hydrogens is 373 g/mol. The largest absolute Gasteiger partial charge is 0.439 e. The predicted molar refractivity (Wildman–Crippen MR) is 109 cm³/mol. The van der Waals surface area contributed by atoms with Crippen molar-refractivity contribution in [2.24, 2.45) is 4.99 Å². The summed E-state index contributed by atoms with van der Waals surface area (Å²) in [5.74, 6) is 1.58. The summed E-state index contributed by atoms with van der Waals surface area (Å²) in [6.45, 7) is 7.77. The van der Waals surface area contributed by atoms with Gasteiger partial charge in [-0.15, -0.1) is 0 Å². The van der Waals surface area contributed by atoms with Crippen LogP contribution in [0.2, 0.25) is 0 Å². The number of nitrogens with zero attached hydrogens (tertiary/aromatic N) is 4. The molecular formula is C21H26FN5O2. The van der Waals surface area contributed by atoms with E-state index < -0.39 is 0 Å². The highest BCUT2D eigenvalue weighted by molar-refractivity contribution is 5.80. The highest BCUT2D eigenvalue weighted by atomic mass is 19.1. The van der Waals surface area contributed by atoms with Crippen molar-refractivity contribution in [1.82, 2.24) is 20.1 Å². The number of aliphatic imine (C=N–C) groups is 1. The number of carbonyl (C=O) groups excluding carboxylic acids is 1. The second-order valence-electron chi connectivity index (χ2n) is 6.72. The second-order valence-corrected chi connectivity index (χ2v) is 6.72. The lowest BCUT2D eigenvalue weighted by Crippen LogP contribution is -2.53. The van der Waals surface area contributed by atoms with Gasteiger partial charge in [0.25, 0.3) is 0 Å². The van der Waals surface area contributed by atoms with Crippen molar-refractivity contribution in [3.8, 4) is 11.6 Å². The Balaban J connectivity index is 1.64. The van der Waals surface area contributed by atoms with Crippen molar-refractivity contribution < 1.29 is 13.9 Å². The third-order valence-corrected chi connectivity index (χ3v) is 4.61. The van der Waals surface area contributed by atoms with Crippen LogP contribution < -0.4 is 10.1 Å². The molecule has 154 valence electrons. The number of rotatable bonds is 5. The van der Waals surface area contributed by atoms with E-state index >= 15 is 0 Å². The fourth-order valence-corrected chi connectivity index (χ4v) is 3.05. The number of aromatic nitrogens is 1. The van der Waals surface area contributed by atoms with Crippen LogP contribution >= 0.6 is 0 Å². The molecule has 1 amide bonds. The number of ether oxygens (including phenoxy) is 1. The number of pyridine rings is 1. The number of halogens is 1. The number of benzene rings is 1. The van der Waals surface area contributed by atoms with Gasteiger partial charge in [0.1, 0.15) is 11.6 Å². The van der Waals surface area contributed by atoms with E-state index in [1.807, 2.05) is 24.0 Å². The van der Waals surface area contributed by atoms with Gasteiger partial charge in [-0.05, 0) is 42.8 Å². The number of carbonyl (C=O) groups is 1. The van der Waals surface area contributed by atoms with Crippen molar-refractivity contribution in [3.05, 3.63) is 54.0 Å². The van der Waals surface area contributed by atoms with Gasteiger partial charge in [-0.25, -0.2) is 14.4 Å². The molecule has 1 aliphatic heterocycles. The average molecular weight is 399 g/mol. The van der Waals surface area contributed by atoms with Gasteiger partial charge in [-0.1, -0.05) is 0 Å². The summed E-state index contributed by atoms with van der Waals surface area (Å²) in [5.41, 5.74) is 0.954. The predicted octanol–water partition coefficient (Wildman–Crippen LogP) is 2.64. The Hall–Kier alpha value is -3.16. The Kier molecular flexibility index (Phi) is 6.99. The molecule has 8 heteroatoms. The standard InChI is InChI=1S/C21H26FN5O2/c1-3-23-21(27-12-10-26(11-13-27)16(2)28)25-15-17-8-9-24-20(14-17)29-19-6-4-18(22)5-7-19/h4-9,14H,3,10-13,15H2,1-2H3,(H,23,25). The van der Waals surface area contributed by atoms with Crippen LogP contribution in [-0.2, 0) is 11.3 Å². The molecule has 29 heavy (non-hydrogen) atoms. The smallest absolute Gasteiger partial charge is 0.219 e. The lowest BCUT2D eigenvalue weighted by Gasteiger charge is -2.36. The summed E-state index contributed by atoms with van der Waals surface area (Å²) in [6.07, 6.45) is 1.67. The van der Waals surface area contributed by atoms with Crippen LogP contribution in [0.3, 0.4) is 0 Å². The zero-order chi connectivity index (χ0) is 20.6. The van der Waals surface area contributed by atoms with E-state index in [4.69, 9.17) is 9.73 Å². The van der Waals surface area contributed by atoms with Gasteiger partial charge in [0.2, 0.25) is 11.8 Å². The van der Waals surface area contributed by atoms with Crippen LogP contribution in [0.5, 0.6) is 11.6 Å². The molecule has 0 atom stereocenters. The van der Waals surface area contributed by atoms with E-state index in [1.54, 1.807) is 25.3 Å². The third-order valence-electron chi connectivity index (χ3n) is 4.61. The van der Waals surface area contributed by atoms with E-state index in [0.717, 1.165) is 31.2 Å². The first kappa shape index (κ1) is 20.6. The monoisotopic (exact) mass is 399 g/mol. The Morgan fingerprint density at radius 3 is 2.52 bits per heavy atom. The minimum absolute atomic E-state index is 0.108. The molecule has 7 nitrogen and oxygen atoms in total. The highest BCUT2D eigenvalue weighted by Gasteiger charge is 2.20. The molecule has 1 aromatic heterocycles. The van der Waals surface area contributed by atoms with Crippen molar-refractivity contribution in [2.75, 3.05) is 32.7 Å². The molecule has 1 fully saturated rings. The topological polar surface area (TPSA) is 70.1 Å². The molecule has 1 saturated heterocycles. The lowest BCUT2D eigenvalue weighted by atomic mass is 10.2. The zero-order valence-electron chi connectivity index (χ0n) is 16.8. The van der Waals surface area contributed by atoms with E-state index in [2.05, 4.69) is 15.2 Å². The summed E-state index contributed by atoms with van der Waals surface area (Å²) < 4.78 is 18.7. The molecule has 0 saturated carbocycles. The Morgan fingerprint density at radius 2 is 1.86 bits per heavy atom. The Bertz CT molecular complexity index is 848. The first-order valence-electron chi connectivity index (χ1n) is 9.72. The van der Waals surface area contributed by atoms with Crippen LogP contribution in [0.4, 0.5) is 4.39 Å². The van der Waals surface area contributed by atoms with Crippen LogP contribution in [0, 0.1) is 5.82 Å². The van der Waals surface area contributed by atoms with E-state index in [9.17, 15) is 9.18 Å². The van der Waals surface area contributed by atoms with Gasteiger partial charge in [0, 0.05) is 51.9 Å². The first-order chi connectivity index (χ1) is 14.0. The van der Waals surface area contributed by atoms with Crippen LogP contribution in [-0.4, -0.2) is 59.4 Å². The number of piperazine rings is 1. The molecule has 0 aliphatic carbocycles. The quantitative estimate of drug-likeness (QED) is 0.618. The van der Waals surface area contributed by atoms with E-state index in [1.165, 1.54) is 12.1 Å². The summed E-state index contributed by atoms with van der Waals surface area (Å²) in [6, 6.07) is 9.52. The number of hydrogen-bond acceptors (Lipinski definition) is 4. The van der Waals surface area contributed by atoms with Crippen LogP contribution in [0.1, 0.15) is 19.4 Å². The summed E-state index contributed by atoms with van der Waals surface area (Å²) in [4.78, 5) is 24.5. The van der Waals surface area contributed by atoms with Crippen LogP contribution in [0.15, 0.2) is 47.6 Å². The van der Waals surface area contributed by atoms with Crippen molar-refractivity contribution in [3.63, 3.8) is 0 Å². The van der Waals surface area contributed by atoms with Gasteiger partial charge >= 0.3 is 0 Å². The fraction of sp³-hybridized carbons (Fsp3) is 0.381. The summed E-state index contributed by atoms with van der Waals surface area (Å²) in [7, 11) is 0. The van der Waals surface area contributed by atoms with Crippen molar-refractivity contribution in [1.29, 1.82) is 0 Å². The summed E-state index contributed by atoms with van der Waals surface area (Å²) >= 11 is 0. The maximum atomic E-state index is 13.0. The average Bonchev–Trinajstić information content (AvgIpc) is 2.73. The molecule has 3 rings (SSSR count).